The molecule has 1 saturated heterocycles. The zero-order valence-corrected chi connectivity index (χ0v) is 11.4. The van der Waals surface area contributed by atoms with E-state index < -0.39 is 0 Å². The van der Waals surface area contributed by atoms with Crippen molar-refractivity contribution in [1.82, 2.24) is 4.90 Å². The smallest absolute Gasteiger partial charge is 0.0674 e. The van der Waals surface area contributed by atoms with E-state index in [0.29, 0.717) is 24.2 Å². The lowest BCUT2D eigenvalue weighted by Gasteiger charge is -2.44. The Morgan fingerprint density at radius 3 is 2.53 bits per heavy atom. The second-order valence-electron chi connectivity index (χ2n) is 5.91. The van der Waals surface area contributed by atoms with Crippen molar-refractivity contribution in [2.45, 2.75) is 76.6 Å². The maximum absolute atomic E-state index is 6.40. The molecule has 4 atom stereocenters. The summed E-state index contributed by atoms with van der Waals surface area (Å²) in [5.74, 6) is 0. The number of rotatable bonds is 1. The standard InChI is InChI=1S/C14H28N2O/c1-11-10-17-12(2)9-16(11)14-8-6-4-3-5-7-13(14)15/h11-14H,3-10,15H2,1-2H3. The van der Waals surface area contributed by atoms with Crippen molar-refractivity contribution in [3.8, 4) is 0 Å². The van der Waals surface area contributed by atoms with Crippen LogP contribution in [0.15, 0.2) is 0 Å². The molecule has 0 aromatic rings. The maximum atomic E-state index is 6.40. The van der Waals surface area contributed by atoms with Crippen LogP contribution in [0.25, 0.3) is 0 Å². The Bertz CT molecular complexity index is 234. The third kappa shape index (κ3) is 3.43. The highest BCUT2D eigenvalue weighted by Gasteiger charge is 2.32. The first-order valence-corrected chi connectivity index (χ1v) is 7.31. The van der Waals surface area contributed by atoms with E-state index in [4.69, 9.17) is 10.5 Å². The Morgan fingerprint density at radius 1 is 1.06 bits per heavy atom. The first kappa shape index (κ1) is 13.3. The van der Waals surface area contributed by atoms with Crippen LogP contribution >= 0.6 is 0 Å². The van der Waals surface area contributed by atoms with Gasteiger partial charge in [-0.1, -0.05) is 25.7 Å². The molecular weight excluding hydrogens is 212 g/mol. The highest BCUT2D eigenvalue weighted by Crippen LogP contribution is 2.25. The molecule has 1 aliphatic heterocycles. The molecule has 2 rings (SSSR count). The molecule has 1 aliphatic carbocycles. The molecule has 0 amide bonds. The number of hydrogen-bond donors (Lipinski definition) is 1. The van der Waals surface area contributed by atoms with Gasteiger partial charge in [-0.25, -0.2) is 0 Å². The van der Waals surface area contributed by atoms with E-state index in [1.54, 1.807) is 0 Å². The van der Waals surface area contributed by atoms with E-state index in [1.165, 1.54) is 38.5 Å². The minimum absolute atomic E-state index is 0.364. The Labute approximate surface area is 106 Å². The summed E-state index contributed by atoms with van der Waals surface area (Å²) in [7, 11) is 0. The van der Waals surface area contributed by atoms with Crippen LogP contribution in [0.3, 0.4) is 0 Å². The van der Waals surface area contributed by atoms with Gasteiger partial charge in [0, 0.05) is 24.7 Å². The van der Waals surface area contributed by atoms with Crippen LogP contribution in [0.1, 0.15) is 52.4 Å². The molecule has 0 aromatic carbocycles. The summed E-state index contributed by atoms with van der Waals surface area (Å²) in [4.78, 5) is 2.62. The number of nitrogens with two attached hydrogens (primary N) is 1. The molecule has 0 spiro atoms. The summed E-state index contributed by atoms with van der Waals surface area (Å²) < 4.78 is 5.72. The molecule has 1 saturated carbocycles. The summed E-state index contributed by atoms with van der Waals surface area (Å²) >= 11 is 0. The summed E-state index contributed by atoms with van der Waals surface area (Å²) in [6, 6.07) is 1.47. The van der Waals surface area contributed by atoms with Crippen LogP contribution in [0.4, 0.5) is 0 Å². The number of nitrogens with zero attached hydrogens (tertiary/aromatic N) is 1. The molecule has 0 bridgehead atoms. The normalized spacial score (nSPS) is 41.8. The van der Waals surface area contributed by atoms with Gasteiger partial charge in [0.05, 0.1) is 12.7 Å². The second-order valence-corrected chi connectivity index (χ2v) is 5.91. The van der Waals surface area contributed by atoms with Gasteiger partial charge in [0.1, 0.15) is 0 Å². The fourth-order valence-corrected chi connectivity index (χ4v) is 3.30. The van der Waals surface area contributed by atoms with E-state index in [9.17, 15) is 0 Å². The van der Waals surface area contributed by atoms with Crippen LogP contribution in [0.5, 0.6) is 0 Å². The van der Waals surface area contributed by atoms with Crippen molar-refractivity contribution >= 4 is 0 Å². The molecular formula is C14H28N2O. The molecule has 2 aliphatic rings. The monoisotopic (exact) mass is 240 g/mol. The summed E-state index contributed by atoms with van der Waals surface area (Å²) in [6.45, 7) is 6.37. The molecule has 0 radical (unpaired) electrons. The van der Waals surface area contributed by atoms with Gasteiger partial charge in [-0.05, 0) is 26.7 Å². The van der Waals surface area contributed by atoms with Crippen molar-refractivity contribution in [2.24, 2.45) is 5.73 Å². The number of hydrogen-bond acceptors (Lipinski definition) is 3. The van der Waals surface area contributed by atoms with E-state index in [0.717, 1.165) is 13.2 Å². The SMILES string of the molecule is CC1CN(C2CCCCCCC2N)C(C)CO1. The fraction of sp³-hybridized carbons (Fsp3) is 1.00. The van der Waals surface area contributed by atoms with E-state index >= 15 is 0 Å². The summed E-state index contributed by atoms with van der Waals surface area (Å²) in [5.41, 5.74) is 6.40. The lowest BCUT2D eigenvalue weighted by Crippen LogP contribution is -2.57. The lowest BCUT2D eigenvalue weighted by molar-refractivity contribution is -0.0721. The Balaban J connectivity index is 2.00. The molecule has 2 N–H and O–H groups in total. The molecule has 1 heterocycles. The van der Waals surface area contributed by atoms with Gasteiger partial charge in [-0.3, -0.25) is 4.90 Å². The Morgan fingerprint density at radius 2 is 1.76 bits per heavy atom. The van der Waals surface area contributed by atoms with E-state index in [1.807, 2.05) is 0 Å². The summed E-state index contributed by atoms with van der Waals surface area (Å²) in [6.07, 6.45) is 8.25. The highest BCUT2D eigenvalue weighted by atomic mass is 16.5. The Hall–Kier alpha value is -0.120. The average Bonchev–Trinajstić information content (AvgIpc) is 2.28. The predicted molar refractivity (Wildman–Crippen MR) is 71.0 cm³/mol. The van der Waals surface area contributed by atoms with Gasteiger partial charge in [-0.2, -0.15) is 0 Å². The maximum Gasteiger partial charge on any atom is 0.0674 e. The largest absolute Gasteiger partial charge is 0.376 e. The molecule has 0 aromatic heterocycles. The average molecular weight is 240 g/mol. The van der Waals surface area contributed by atoms with Gasteiger partial charge in [0.25, 0.3) is 0 Å². The number of ether oxygens (including phenoxy) is 1. The zero-order valence-electron chi connectivity index (χ0n) is 11.4. The molecule has 4 unspecified atom stereocenters. The van der Waals surface area contributed by atoms with Crippen LogP contribution in [0, 0.1) is 0 Å². The van der Waals surface area contributed by atoms with Gasteiger partial charge in [0.2, 0.25) is 0 Å². The summed E-state index contributed by atoms with van der Waals surface area (Å²) in [5, 5.41) is 0. The van der Waals surface area contributed by atoms with Crippen LogP contribution in [0.2, 0.25) is 0 Å². The van der Waals surface area contributed by atoms with E-state index in [2.05, 4.69) is 18.7 Å². The molecule has 100 valence electrons. The Kier molecular flexibility index (Phi) is 4.83. The van der Waals surface area contributed by atoms with Crippen LogP contribution in [-0.2, 0) is 4.74 Å². The van der Waals surface area contributed by atoms with Gasteiger partial charge in [-0.15, -0.1) is 0 Å². The minimum Gasteiger partial charge on any atom is -0.376 e. The highest BCUT2D eigenvalue weighted by molar-refractivity contribution is 4.89. The third-order valence-corrected chi connectivity index (χ3v) is 4.36. The fourth-order valence-electron chi connectivity index (χ4n) is 3.30. The number of morpholine rings is 1. The second kappa shape index (κ2) is 6.17. The molecule has 3 heteroatoms. The van der Waals surface area contributed by atoms with Gasteiger partial charge < -0.3 is 10.5 Å². The van der Waals surface area contributed by atoms with Crippen molar-refractivity contribution in [3.63, 3.8) is 0 Å². The van der Waals surface area contributed by atoms with E-state index in [-0.39, 0.29) is 0 Å². The molecule has 2 fully saturated rings. The molecule has 17 heavy (non-hydrogen) atoms. The first-order chi connectivity index (χ1) is 8.18. The third-order valence-electron chi connectivity index (χ3n) is 4.36. The topological polar surface area (TPSA) is 38.5 Å². The van der Waals surface area contributed by atoms with Gasteiger partial charge in [0.15, 0.2) is 0 Å². The molecule has 3 nitrogen and oxygen atoms in total. The predicted octanol–water partition coefficient (Wildman–Crippen LogP) is 2.15. The van der Waals surface area contributed by atoms with Crippen molar-refractivity contribution in [2.75, 3.05) is 13.2 Å². The lowest BCUT2D eigenvalue weighted by atomic mass is 9.90. The quantitative estimate of drug-likeness (QED) is 0.763. The zero-order chi connectivity index (χ0) is 12.3. The minimum atomic E-state index is 0.364. The van der Waals surface area contributed by atoms with Crippen molar-refractivity contribution < 1.29 is 4.74 Å². The van der Waals surface area contributed by atoms with Crippen molar-refractivity contribution in [1.29, 1.82) is 0 Å². The van der Waals surface area contributed by atoms with Gasteiger partial charge >= 0.3 is 0 Å². The van der Waals surface area contributed by atoms with Crippen molar-refractivity contribution in [3.05, 3.63) is 0 Å². The first-order valence-electron chi connectivity index (χ1n) is 7.31. The van der Waals surface area contributed by atoms with Crippen LogP contribution in [-0.4, -0.2) is 42.3 Å². The van der Waals surface area contributed by atoms with Crippen LogP contribution < -0.4 is 5.73 Å².